The van der Waals surface area contributed by atoms with Crippen LogP contribution in [-0.4, -0.2) is 28.8 Å². The number of imidazole rings is 1. The summed E-state index contributed by atoms with van der Waals surface area (Å²) in [4.78, 5) is 25.3. The second kappa shape index (κ2) is 7.31. The molecule has 0 unspecified atom stereocenters. The van der Waals surface area contributed by atoms with E-state index >= 15 is 0 Å². The lowest BCUT2D eigenvalue weighted by Crippen LogP contribution is -2.24. The summed E-state index contributed by atoms with van der Waals surface area (Å²) in [5, 5.41) is 0. The van der Waals surface area contributed by atoms with Crippen LogP contribution in [0.5, 0.6) is 5.75 Å². The highest BCUT2D eigenvalue weighted by atomic mass is 16.5. The van der Waals surface area contributed by atoms with E-state index in [-0.39, 0.29) is 12.3 Å². The average molecular weight is 352 g/mol. The molecule has 26 heavy (non-hydrogen) atoms. The van der Waals surface area contributed by atoms with Gasteiger partial charge in [0.1, 0.15) is 5.75 Å². The minimum Gasteiger partial charge on any atom is -0.497 e. The number of hydrogen-bond donors (Lipinski definition) is 0. The Kier molecular flexibility index (Phi) is 4.93. The molecule has 3 aromatic rings. The fourth-order valence-electron chi connectivity index (χ4n) is 2.83. The Hall–Kier alpha value is -3.28. The molecule has 0 aliphatic heterocycles. The molecule has 0 aliphatic carbocycles. The van der Waals surface area contributed by atoms with Gasteiger partial charge in [-0.3, -0.25) is 9.13 Å². The van der Waals surface area contributed by atoms with Crippen LogP contribution in [-0.2, 0) is 4.74 Å². The van der Waals surface area contributed by atoms with Crippen LogP contribution >= 0.6 is 0 Å². The average Bonchev–Trinajstić information content (AvgIpc) is 2.96. The molecule has 134 valence electrons. The van der Waals surface area contributed by atoms with E-state index in [9.17, 15) is 9.59 Å². The molecule has 3 rings (SSSR count). The van der Waals surface area contributed by atoms with E-state index in [1.54, 1.807) is 68.8 Å². The molecule has 0 saturated carbocycles. The van der Waals surface area contributed by atoms with Crippen LogP contribution in [0.25, 0.3) is 11.4 Å². The van der Waals surface area contributed by atoms with Gasteiger partial charge in [-0.25, -0.2) is 9.59 Å². The first kappa shape index (κ1) is 17.5. The van der Waals surface area contributed by atoms with E-state index in [1.165, 1.54) is 9.13 Å². The van der Waals surface area contributed by atoms with Crippen molar-refractivity contribution in [2.45, 2.75) is 13.8 Å². The van der Waals surface area contributed by atoms with Gasteiger partial charge in [-0.1, -0.05) is 12.1 Å². The van der Waals surface area contributed by atoms with Crippen molar-refractivity contribution in [3.63, 3.8) is 0 Å². The van der Waals surface area contributed by atoms with E-state index < -0.39 is 5.97 Å². The number of para-hydroxylation sites is 1. The van der Waals surface area contributed by atoms with Crippen molar-refractivity contribution < 1.29 is 14.3 Å². The third-order valence-electron chi connectivity index (χ3n) is 4.06. The summed E-state index contributed by atoms with van der Waals surface area (Å²) in [6, 6.07) is 14.1. The molecule has 0 fully saturated rings. The molecule has 0 aliphatic rings. The third-order valence-corrected chi connectivity index (χ3v) is 4.06. The van der Waals surface area contributed by atoms with E-state index in [1.807, 2.05) is 6.92 Å². The molecule has 1 aromatic heterocycles. The number of rotatable bonds is 5. The lowest BCUT2D eigenvalue weighted by atomic mass is 10.1. The fourth-order valence-corrected chi connectivity index (χ4v) is 2.83. The predicted molar refractivity (Wildman–Crippen MR) is 98.6 cm³/mol. The second-order valence-electron chi connectivity index (χ2n) is 5.69. The molecular weight excluding hydrogens is 332 g/mol. The Balaban J connectivity index is 2.12. The minimum atomic E-state index is -0.452. The number of aromatic nitrogens is 2. The summed E-state index contributed by atoms with van der Waals surface area (Å²) in [6.07, 6.45) is 1.74. The first-order chi connectivity index (χ1) is 12.6. The standard InChI is InChI=1S/C20H20N2O4/c1-4-26-19(23)17-7-5-6-8-18(17)22-14(2)13-21(20(22)24)15-9-11-16(25-3)12-10-15/h5-13H,4H2,1-3H3. The van der Waals surface area contributed by atoms with Crippen molar-refractivity contribution in [3.8, 4) is 17.1 Å². The Labute approximate surface area is 151 Å². The lowest BCUT2D eigenvalue weighted by molar-refractivity contribution is 0.0526. The summed E-state index contributed by atoms with van der Waals surface area (Å²) in [7, 11) is 1.59. The van der Waals surface area contributed by atoms with E-state index in [0.717, 1.165) is 0 Å². The molecule has 1 heterocycles. The van der Waals surface area contributed by atoms with Gasteiger partial charge in [0, 0.05) is 11.9 Å². The van der Waals surface area contributed by atoms with Crippen molar-refractivity contribution in [3.05, 3.63) is 76.5 Å². The molecule has 0 spiro atoms. The summed E-state index contributed by atoms with van der Waals surface area (Å²) in [6.45, 7) is 3.84. The molecule has 0 N–H and O–H groups in total. The molecule has 2 aromatic carbocycles. The molecule has 0 saturated heterocycles. The number of carbonyl (C=O) groups is 1. The van der Waals surface area contributed by atoms with Gasteiger partial charge in [0.05, 0.1) is 30.7 Å². The summed E-state index contributed by atoms with van der Waals surface area (Å²) >= 11 is 0. The zero-order chi connectivity index (χ0) is 18.7. The normalized spacial score (nSPS) is 10.6. The lowest BCUT2D eigenvalue weighted by Gasteiger charge is -2.10. The molecular formula is C20H20N2O4. The van der Waals surface area contributed by atoms with Crippen molar-refractivity contribution in [1.82, 2.24) is 9.13 Å². The zero-order valence-electron chi connectivity index (χ0n) is 14.9. The van der Waals surface area contributed by atoms with Gasteiger partial charge in [0.15, 0.2) is 0 Å². The monoisotopic (exact) mass is 352 g/mol. The van der Waals surface area contributed by atoms with Gasteiger partial charge in [0.2, 0.25) is 0 Å². The molecule has 6 heteroatoms. The van der Waals surface area contributed by atoms with Crippen LogP contribution in [0.4, 0.5) is 0 Å². The molecule has 0 atom stereocenters. The van der Waals surface area contributed by atoms with Gasteiger partial charge >= 0.3 is 11.7 Å². The van der Waals surface area contributed by atoms with E-state index in [0.29, 0.717) is 28.4 Å². The largest absolute Gasteiger partial charge is 0.497 e. The molecule has 0 radical (unpaired) electrons. The minimum absolute atomic E-state index is 0.260. The summed E-state index contributed by atoms with van der Waals surface area (Å²) in [5.74, 6) is 0.261. The maximum Gasteiger partial charge on any atom is 0.340 e. The number of carbonyl (C=O) groups excluding carboxylic acids is 1. The maximum absolute atomic E-state index is 13.0. The quantitative estimate of drug-likeness (QED) is 0.662. The zero-order valence-corrected chi connectivity index (χ0v) is 14.9. The Morgan fingerprint density at radius 1 is 1.08 bits per heavy atom. The number of nitrogens with zero attached hydrogens (tertiary/aromatic N) is 2. The van der Waals surface area contributed by atoms with E-state index in [2.05, 4.69) is 0 Å². The van der Waals surface area contributed by atoms with Crippen LogP contribution in [0, 0.1) is 6.92 Å². The van der Waals surface area contributed by atoms with Crippen molar-refractivity contribution in [2.24, 2.45) is 0 Å². The summed E-state index contributed by atoms with van der Waals surface area (Å²) in [5.41, 5.74) is 2.02. The van der Waals surface area contributed by atoms with Crippen LogP contribution in [0.1, 0.15) is 23.0 Å². The molecule has 0 amide bonds. The Morgan fingerprint density at radius 2 is 1.77 bits per heavy atom. The Bertz CT molecular complexity index is 984. The number of ether oxygens (including phenoxy) is 2. The van der Waals surface area contributed by atoms with Gasteiger partial charge in [-0.05, 0) is 50.2 Å². The highest BCUT2D eigenvalue weighted by Crippen LogP contribution is 2.19. The molecule has 0 bridgehead atoms. The fraction of sp³-hybridized carbons (Fsp3) is 0.200. The van der Waals surface area contributed by atoms with Gasteiger partial charge in [0.25, 0.3) is 0 Å². The first-order valence-corrected chi connectivity index (χ1v) is 8.28. The van der Waals surface area contributed by atoms with Crippen molar-refractivity contribution >= 4 is 5.97 Å². The van der Waals surface area contributed by atoms with E-state index in [4.69, 9.17) is 9.47 Å². The first-order valence-electron chi connectivity index (χ1n) is 8.28. The number of methoxy groups -OCH3 is 1. The van der Waals surface area contributed by atoms with Gasteiger partial charge < -0.3 is 9.47 Å². The van der Waals surface area contributed by atoms with Crippen molar-refractivity contribution in [2.75, 3.05) is 13.7 Å². The molecule has 6 nitrogen and oxygen atoms in total. The summed E-state index contributed by atoms with van der Waals surface area (Å²) < 4.78 is 13.3. The SMILES string of the molecule is CCOC(=O)c1ccccc1-n1c(C)cn(-c2ccc(OC)cc2)c1=O. The van der Waals surface area contributed by atoms with Crippen LogP contribution < -0.4 is 10.4 Å². The number of esters is 1. The topological polar surface area (TPSA) is 62.5 Å². The number of benzene rings is 2. The van der Waals surface area contributed by atoms with Crippen LogP contribution in [0.3, 0.4) is 0 Å². The number of aryl methyl sites for hydroxylation is 1. The highest BCUT2D eigenvalue weighted by Gasteiger charge is 2.18. The second-order valence-corrected chi connectivity index (χ2v) is 5.69. The maximum atomic E-state index is 13.0. The van der Waals surface area contributed by atoms with Gasteiger partial charge in [-0.15, -0.1) is 0 Å². The van der Waals surface area contributed by atoms with Crippen LogP contribution in [0.2, 0.25) is 0 Å². The van der Waals surface area contributed by atoms with Crippen molar-refractivity contribution in [1.29, 1.82) is 0 Å². The predicted octanol–water partition coefficient (Wildman–Crippen LogP) is 3.12. The highest BCUT2D eigenvalue weighted by molar-refractivity contribution is 5.93. The van der Waals surface area contributed by atoms with Crippen LogP contribution in [0.15, 0.2) is 59.5 Å². The smallest absolute Gasteiger partial charge is 0.340 e. The number of hydrogen-bond acceptors (Lipinski definition) is 4. The van der Waals surface area contributed by atoms with Gasteiger partial charge in [-0.2, -0.15) is 0 Å². The Morgan fingerprint density at radius 3 is 2.42 bits per heavy atom. The third kappa shape index (κ3) is 3.13.